The van der Waals surface area contributed by atoms with Crippen molar-refractivity contribution in [2.24, 2.45) is 38.9 Å². The number of carbonyl (C=O) groups is 4. The van der Waals surface area contributed by atoms with Gasteiger partial charge in [-0.25, -0.2) is 0 Å². The predicted octanol–water partition coefficient (Wildman–Crippen LogP) is 10.3. The summed E-state index contributed by atoms with van der Waals surface area (Å²) >= 11 is 0. The number of rotatable bonds is 5. The number of aliphatic hydroxyl groups is 1. The molecule has 4 N–H and O–H groups in total. The fraction of sp³-hybridized carbons (Fsp3) is 0.434. The summed E-state index contributed by atoms with van der Waals surface area (Å²) in [6, 6.07) is 9.63. The van der Waals surface area contributed by atoms with Gasteiger partial charge in [-0.05, 0) is 87.4 Å². The highest BCUT2D eigenvalue weighted by Crippen LogP contribution is 2.55. The maximum Gasteiger partial charge on any atom is 0.460 e. The van der Waals surface area contributed by atoms with Crippen molar-refractivity contribution < 1.29 is 76.4 Å². The van der Waals surface area contributed by atoms with E-state index in [2.05, 4.69) is 50.4 Å². The molecule has 6 aromatic heterocycles. The smallest absolute Gasteiger partial charge is 0.387 e. The third-order valence-electron chi connectivity index (χ3n) is 13.6. The van der Waals surface area contributed by atoms with Gasteiger partial charge in [-0.3, -0.25) is 48.2 Å². The number of aromatic nitrogens is 9. The molecule has 448 valence electrons. The quantitative estimate of drug-likeness (QED) is 0.0925. The van der Waals surface area contributed by atoms with Crippen LogP contribution in [0.4, 0.5) is 56.6 Å². The monoisotopic (exact) mass is 1190 g/mol. The maximum absolute atomic E-state index is 14.2. The van der Waals surface area contributed by atoms with Crippen LogP contribution in [0.5, 0.6) is 0 Å². The zero-order chi connectivity index (χ0) is 60.3. The number of nitrogens with zero attached hydrogens (tertiary/aromatic N) is 9. The average Bonchev–Trinajstić information content (AvgIpc) is 2.14. The number of ketones is 1. The minimum Gasteiger partial charge on any atom is -0.387 e. The second kappa shape index (κ2) is 25.2. The number of nitrogens with one attached hydrogen (secondary N) is 3. The Kier molecular flexibility index (Phi) is 19.5. The molecule has 6 bridgehead atoms. The van der Waals surface area contributed by atoms with Crippen LogP contribution in [-0.2, 0) is 49.8 Å². The minimum atomic E-state index is -7.46. The van der Waals surface area contributed by atoms with E-state index in [1.54, 1.807) is 40.2 Å². The lowest BCUT2D eigenvalue weighted by Crippen LogP contribution is -2.63. The number of alkyl halides is 9. The fourth-order valence-electron chi connectivity index (χ4n) is 8.79. The Hall–Kier alpha value is -8.02. The third-order valence-corrected chi connectivity index (χ3v) is 14.9. The molecular formula is C53H59F9N12O8S. The van der Waals surface area contributed by atoms with E-state index in [1.165, 1.54) is 30.9 Å². The first kappa shape index (κ1) is 64.2. The van der Waals surface area contributed by atoms with E-state index < -0.39 is 62.8 Å². The molecule has 3 aliphatic rings. The molecular weight excluding hydrogens is 1140 g/mol. The molecule has 0 saturated heterocycles. The van der Waals surface area contributed by atoms with Crippen LogP contribution < -0.4 is 16.0 Å². The molecule has 0 radical (unpaired) electrons. The van der Waals surface area contributed by atoms with Gasteiger partial charge in [0.05, 0.1) is 64.5 Å². The van der Waals surface area contributed by atoms with Gasteiger partial charge in [-0.15, -0.1) is 0 Å². The van der Waals surface area contributed by atoms with E-state index in [9.17, 15) is 72.2 Å². The van der Waals surface area contributed by atoms with Gasteiger partial charge >= 0.3 is 33.4 Å². The second-order valence-corrected chi connectivity index (χ2v) is 21.3. The summed E-state index contributed by atoms with van der Waals surface area (Å²) in [4.78, 5) is 61.4. The molecule has 9 rings (SSSR count). The third kappa shape index (κ3) is 13.6. The standard InChI is InChI=1S/C20H17F9N4O4S.C16H20N4O2.C16H18N4O2.CH4/c1-10-4-3-5-14(37-38(35,36)20(28,29)18(23,24)17(21,22)19(25,26)27)12-8-11(6-7-30-12)15-13(32-16(10)34)9-31-33(15)2;2*1-10-4-3-5-14(21)12-8-11(6-7-17-12)15-13(19-16(10)22)9-18-20(15)2;/h5-10H,3-4H2,1-2H3,(H,32,34);6-10,14,21H,3-5H2,1-2H3,(H,19,22);6-10H,3-5H2,1-2H3,(H,19,22);1H4/b14-5+;;;/t10-;10-,14?;10-;/m111./s1. The highest BCUT2D eigenvalue weighted by molar-refractivity contribution is 7.88. The number of pyridine rings is 3. The molecule has 9 heterocycles. The van der Waals surface area contributed by atoms with E-state index >= 15 is 0 Å². The number of hydrogen-bond donors (Lipinski definition) is 4. The lowest BCUT2D eigenvalue weighted by Gasteiger charge is -2.32. The van der Waals surface area contributed by atoms with Crippen LogP contribution in [0.2, 0.25) is 0 Å². The van der Waals surface area contributed by atoms with Crippen molar-refractivity contribution in [1.82, 2.24) is 44.3 Å². The van der Waals surface area contributed by atoms with Gasteiger partial charge in [-0.2, -0.15) is 63.2 Å². The number of Topliss-reactive ketones (excluding diaryl/α,β-unsaturated/α-hetero) is 1. The molecule has 3 amide bonds. The summed E-state index contributed by atoms with van der Waals surface area (Å²) in [5, 5.41) is 24.2. The average molecular weight is 1200 g/mol. The van der Waals surface area contributed by atoms with Crippen LogP contribution in [0.25, 0.3) is 39.5 Å². The fourth-order valence-corrected chi connectivity index (χ4v) is 9.73. The van der Waals surface area contributed by atoms with E-state index in [1.807, 2.05) is 46.1 Å². The van der Waals surface area contributed by atoms with Crippen molar-refractivity contribution in [3.63, 3.8) is 0 Å². The first-order valence-electron chi connectivity index (χ1n) is 25.3. The zero-order valence-electron chi connectivity index (χ0n) is 44.6. The van der Waals surface area contributed by atoms with Crippen molar-refractivity contribution in [3.05, 3.63) is 96.7 Å². The highest BCUT2D eigenvalue weighted by Gasteiger charge is 2.86. The largest absolute Gasteiger partial charge is 0.460 e. The number of allylic oxidation sites excluding steroid dienone is 1. The molecule has 83 heavy (non-hydrogen) atoms. The zero-order valence-corrected chi connectivity index (χ0v) is 45.4. The number of anilines is 3. The van der Waals surface area contributed by atoms with Crippen LogP contribution in [0, 0.1) is 17.8 Å². The summed E-state index contributed by atoms with van der Waals surface area (Å²) < 4.78 is 153. The van der Waals surface area contributed by atoms with Crippen molar-refractivity contribution in [3.8, 4) is 33.8 Å². The first-order chi connectivity index (χ1) is 38.4. The van der Waals surface area contributed by atoms with Gasteiger partial charge in [0.15, 0.2) is 11.5 Å². The van der Waals surface area contributed by atoms with E-state index in [0.29, 0.717) is 48.4 Å². The Morgan fingerprint density at radius 3 is 1.49 bits per heavy atom. The van der Waals surface area contributed by atoms with Crippen molar-refractivity contribution in [1.29, 1.82) is 0 Å². The van der Waals surface area contributed by atoms with E-state index in [0.717, 1.165) is 53.7 Å². The molecule has 6 aromatic rings. The second-order valence-electron chi connectivity index (χ2n) is 19.7. The molecule has 3 aliphatic heterocycles. The number of carbonyl (C=O) groups excluding carboxylic acids is 4. The maximum atomic E-state index is 14.2. The van der Waals surface area contributed by atoms with Gasteiger partial charge in [0, 0.05) is 80.6 Å². The first-order valence-corrected chi connectivity index (χ1v) is 26.7. The Morgan fingerprint density at radius 1 is 0.590 bits per heavy atom. The van der Waals surface area contributed by atoms with Crippen molar-refractivity contribution in [2.45, 2.75) is 109 Å². The molecule has 0 spiro atoms. The minimum absolute atomic E-state index is 0. The molecule has 0 saturated carbocycles. The normalized spacial score (nSPS) is 19.8. The van der Waals surface area contributed by atoms with Crippen molar-refractivity contribution >= 4 is 56.4 Å². The van der Waals surface area contributed by atoms with E-state index in [4.69, 9.17) is 0 Å². The predicted molar refractivity (Wildman–Crippen MR) is 285 cm³/mol. The lowest BCUT2D eigenvalue weighted by molar-refractivity contribution is -0.382. The van der Waals surface area contributed by atoms with Gasteiger partial charge in [0.2, 0.25) is 17.7 Å². The van der Waals surface area contributed by atoms with Crippen LogP contribution in [0.1, 0.15) is 108 Å². The summed E-state index contributed by atoms with van der Waals surface area (Å²) in [7, 11) is -2.12. The van der Waals surface area contributed by atoms with Crippen LogP contribution >= 0.6 is 0 Å². The van der Waals surface area contributed by atoms with Crippen LogP contribution in [0.15, 0.2) is 79.7 Å². The molecule has 20 nitrogen and oxygen atoms in total. The van der Waals surface area contributed by atoms with Gasteiger partial charge in [0.1, 0.15) is 11.4 Å². The Labute approximate surface area is 470 Å². The Balaban J connectivity index is 0.000000211. The summed E-state index contributed by atoms with van der Waals surface area (Å²) in [6.45, 7) is 5.22. The summed E-state index contributed by atoms with van der Waals surface area (Å²) in [5.41, 5.74) is 5.69. The van der Waals surface area contributed by atoms with E-state index in [-0.39, 0.29) is 66.6 Å². The SMILES string of the molecule is C.C[C@@H]1CC/C=C(/OS(=O)(=O)C(F)(F)C(F)(F)C(F)(F)C(F)(F)F)c2cc(ccn2)-c2c(cnn2C)NC1=O.C[C@@H]1CCCC(=O)c2cc(ccn2)-c2c(cnn2C)NC1=O.C[C@@H]1CCCC(O)c2cc(ccn2)-c2c(cnn2C)NC1=O. The number of halogens is 9. The highest BCUT2D eigenvalue weighted by atomic mass is 32.2. The Bertz CT molecular complexity index is 3510. The topological polar surface area (TPSA) is 260 Å². The molecule has 1 unspecified atom stereocenters. The summed E-state index contributed by atoms with van der Waals surface area (Å²) in [6.07, 6.45) is 5.25. The van der Waals surface area contributed by atoms with Crippen LogP contribution in [-0.4, -0.2) is 105 Å². The molecule has 4 atom stereocenters. The van der Waals surface area contributed by atoms with Crippen molar-refractivity contribution in [2.75, 3.05) is 16.0 Å². The number of aliphatic hydroxyl groups excluding tert-OH is 1. The number of fused-ring (bicyclic) bond motifs is 12. The summed E-state index contributed by atoms with van der Waals surface area (Å²) in [5.74, 6) is -17.7. The molecule has 0 aromatic carbocycles. The Morgan fingerprint density at radius 2 is 1.01 bits per heavy atom. The molecule has 0 aliphatic carbocycles. The van der Waals surface area contributed by atoms with Gasteiger partial charge in [-0.1, -0.05) is 28.2 Å². The number of aryl methyl sites for hydroxylation is 3. The van der Waals surface area contributed by atoms with Crippen LogP contribution in [0.3, 0.4) is 0 Å². The molecule has 0 fully saturated rings. The lowest BCUT2D eigenvalue weighted by atomic mass is 9.98. The molecule has 30 heteroatoms. The number of amides is 3. The van der Waals surface area contributed by atoms with Gasteiger partial charge < -0.3 is 25.2 Å². The number of hydrogen-bond acceptors (Lipinski definition) is 14. The van der Waals surface area contributed by atoms with Gasteiger partial charge in [0.25, 0.3) is 0 Å².